The van der Waals surface area contributed by atoms with Crippen LogP contribution in [0.2, 0.25) is 0 Å². The zero-order valence-electron chi connectivity index (χ0n) is 14.6. The molecule has 0 bridgehead atoms. The SMILES string of the molecule is Cc1cc(F)ccc1NC(=O)CC[C@@H]1CCCN(C(=O)c2csnn2)C1. The number of aryl methyl sites for hydroxylation is 1. The smallest absolute Gasteiger partial charge is 0.275 e. The van der Waals surface area contributed by atoms with Crippen LogP contribution in [-0.2, 0) is 4.79 Å². The number of benzene rings is 1. The first-order valence-electron chi connectivity index (χ1n) is 8.65. The predicted octanol–water partition coefficient (Wildman–Crippen LogP) is 3.26. The van der Waals surface area contributed by atoms with Crippen molar-refractivity contribution in [3.05, 3.63) is 40.7 Å². The lowest BCUT2D eigenvalue weighted by Crippen LogP contribution is -2.40. The van der Waals surface area contributed by atoms with Crippen LogP contribution in [0.15, 0.2) is 23.6 Å². The zero-order valence-corrected chi connectivity index (χ0v) is 15.4. The molecule has 0 unspecified atom stereocenters. The average molecular weight is 376 g/mol. The summed E-state index contributed by atoms with van der Waals surface area (Å²) in [5, 5.41) is 8.33. The Balaban J connectivity index is 1.49. The van der Waals surface area contributed by atoms with E-state index in [-0.39, 0.29) is 17.6 Å². The van der Waals surface area contributed by atoms with Crippen LogP contribution in [0.4, 0.5) is 10.1 Å². The van der Waals surface area contributed by atoms with Crippen molar-refractivity contribution in [3.8, 4) is 0 Å². The van der Waals surface area contributed by atoms with Crippen molar-refractivity contribution in [3.63, 3.8) is 0 Å². The molecule has 1 aliphatic heterocycles. The van der Waals surface area contributed by atoms with Crippen LogP contribution in [0.1, 0.15) is 41.7 Å². The molecule has 1 atom stereocenters. The van der Waals surface area contributed by atoms with Crippen molar-refractivity contribution in [2.75, 3.05) is 18.4 Å². The number of carbonyl (C=O) groups excluding carboxylic acids is 2. The van der Waals surface area contributed by atoms with E-state index in [4.69, 9.17) is 0 Å². The highest BCUT2D eigenvalue weighted by atomic mass is 32.1. The van der Waals surface area contributed by atoms with Gasteiger partial charge >= 0.3 is 0 Å². The summed E-state index contributed by atoms with van der Waals surface area (Å²) < 4.78 is 16.9. The normalized spacial score (nSPS) is 17.2. The van der Waals surface area contributed by atoms with Gasteiger partial charge in [0.1, 0.15) is 5.82 Å². The predicted molar refractivity (Wildman–Crippen MR) is 97.5 cm³/mol. The summed E-state index contributed by atoms with van der Waals surface area (Å²) in [5.41, 5.74) is 1.72. The first-order valence-corrected chi connectivity index (χ1v) is 9.49. The molecule has 1 aromatic carbocycles. The number of nitrogens with zero attached hydrogens (tertiary/aromatic N) is 3. The van der Waals surface area contributed by atoms with Gasteiger partial charge in [-0.15, -0.1) is 5.10 Å². The third-order valence-corrected chi connectivity index (χ3v) is 5.13. The third kappa shape index (κ3) is 4.63. The van der Waals surface area contributed by atoms with Crippen molar-refractivity contribution in [1.29, 1.82) is 0 Å². The number of amides is 2. The fourth-order valence-corrected chi connectivity index (χ4v) is 3.65. The van der Waals surface area contributed by atoms with Crippen molar-refractivity contribution in [2.45, 2.75) is 32.6 Å². The molecule has 6 nitrogen and oxygen atoms in total. The summed E-state index contributed by atoms with van der Waals surface area (Å²) in [6.07, 6.45) is 3.02. The van der Waals surface area contributed by atoms with Gasteiger partial charge in [-0.1, -0.05) is 4.49 Å². The Bertz CT molecular complexity index is 782. The number of anilines is 1. The number of aromatic nitrogens is 2. The first kappa shape index (κ1) is 18.4. The van der Waals surface area contributed by atoms with Crippen molar-refractivity contribution >= 4 is 29.0 Å². The van der Waals surface area contributed by atoms with E-state index in [2.05, 4.69) is 14.9 Å². The topological polar surface area (TPSA) is 75.2 Å². The second kappa shape index (κ2) is 8.35. The summed E-state index contributed by atoms with van der Waals surface area (Å²) in [5.74, 6) is -0.205. The summed E-state index contributed by atoms with van der Waals surface area (Å²) >= 11 is 1.16. The molecule has 0 spiro atoms. The summed E-state index contributed by atoms with van der Waals surface area (Å²) in [6, 6.07) is 4.31. The minimum absolute atomic E-state index is 0.0881. The van der Waals surface area contributed by atoms with E-state index < -0.39 is 0 Å². The number of piperidine rings is 1. The number of halogens is 1. The number of hydrogen-bond acceptors (Lipinski definition) is 5. The van der Waals surface area contributed by atoms with Crippen molar-refractivity contribution < 1.29 is 14.0 Å². The number of nitrogens with one attached hydrogen (secondary N) is 1. The van der Waals surface area contributed by atoms with E-state index in [0.29, 0.717) is 48.8 Å². The molecule has 1 saturated heterocycles. The monoisotopic (exact) mass is 376 g/mol. The highest BCUT2D eigenvalue weighted by molar-refractivity contribution is 7.03. The van der Waals surface area contributed by atoms with Crippen LogP contribution in [-0.4, -0.2) is 39.4 Å². The Hall–Kier alpha value is -2.35. The number of rotatable bonds is 5. The molecule has 2 aromatic rings. The second-order valence-electron chi connectivity index (χ2n) is 6.60. The molecule has 2 amide bonds. The zero-order chi connectivity index (χ0) is 18.5. The molecule has 0 radical (unpaired) electrons. The maximum absolute atomic E-state index is 13.1. The Labute approximate surface area is 155 Å². The summed E-state index contributed by atoms with van der Waals surface area (Å²) in [6.45, 7) is 3.11. The van der Waals surface area contributed by atoms with E-state index in [9.17, 15) is 14.0 Å². The molecule has 1 fully saturated rings. The van der Waals surface area contributed by atoms with Gasteiger partial charge in [0.05, 0.1) is 0 Å². The molecule has 0 aliphatic carbocycles. The van der Waals surface area contributed by atoms with E-state index >= 15 is 0 Å². The lowest BCUT2D eigenvalue weighted by molar-refractivity contribution is -0.116. The van der Waals surface area contributed by atoms with Crippen LogP contribution in [0.25, 0.3) is 0 Å². The van der Waals surface area contributed by atoms with Gasteiger partial charge < -0.3 is 10.2 Å². The Morgan fingerprint density at radius 3 is 3.00 bits per heavy atom. The quantitative estimate of drug-likeness (QED) is 0.869. The second-order valence-corrected chi connectivity index (χ2v) is 7.21. The van der Waals surface area contributed by atoms with Crippen LogP contribution in [0, 0.1) is 18.7 Å². The molecule has 1 aliphatic rings. The molecular formula is C18H21FN4O2S. The van der Waals surface area contributed by atoms with Gasteiger partial charge in [-0.3, -0.25) is 9.59 Å². The number of carbonyl (C=O) groups is 2. The average Bonchev–Trinajstić information content (AvgIpc) is 3.17. The summed E-state index contributed by atoms with van der Waals surface area (Å²) in [7, 11) is 0. The van der Waals surface area contributed by atoms with Gasteiger partial charge in [-0.25, -0.2) is 4.39 Å². The van der Waals surface area contributed by atoms with Crippen LogP contribution in [0.5, 0.6) is 0 Å². The van der Waals surface area contributed by atoms with Crippen LogP contribution >= 0.6 is 11.5 Å². The lowest BCUT2D eigenvalue weighted by atomic mass is 9.93. The number of hydrogen-bond donors (Lipinski definition) is 1. The van der Waals surface area contributed by atoms with Gasteiger partial charge in [0.25, 0.3) is 5.91 Å². The molecule has 1 N–H and O–H groups in total. The maximum Gasteiger partial charge on any atom is 0.275 e. The van der Waals surface area contributed by atoms with E-state index in [1.165, 1.54) is 12.1 Å². The molecule has 8 heteroatoms. The van der Waals surface area contributed by atoms with Crippen LogP contribution < -0.4 is 5.32 Å². The van der Waals surface area contributed by atoms with Gasteiger partial charge in [0.15, 0.2) is 5.69 Å². The molecule has 1 aromatic heterocycles. The minimum Gasteiger partial charge on any atom is -0.337 e. The molecule has 3 rings (SSSR count). The Morgan fingerprint density at radius 1 is 1.42 bits per heavy atom. The summed E-state index contributed by atoms with van der Waals surface area (Å²) in [4.78, 5) is 26.4. The van der Waals surface area contributed by atoms with Gasteiger partial charge in [-0.05, 0) is 67.4 Å². The van der Waals surface area contributed by atoms with E-state index in [1.54, 1.807) is 23.3 Å². The van der Waals surface area contributed by atoms with Crippen molar-refractivity contribution in [1.82, 2.24) is 14.5 Å². The Morgan fingerprint density at radius 2 is 2.27 bits per heavy atom. The minimum atomic E-state index is -0.317. The molecule has 2 heterocycles. The fourth-order valence-electron chi connectivity index (χ4n) is 3.22. The maximum atomic E-state index is 13.1. The molecule has 138 valence electrons. The van der Waals surface area contributed by atoms with Gasteiger partial charge in [0.2, 0.25) is 5.91 Å². The largest absolute Gasteiger partial charge is 0.337 e. The highest BCUT2D eigenvalue weighted by Crippen LogP contribution is 2.23. The van der Waals surface area contributed by atoms with E-state index in [0.717, 1.165) is 24.4 Å². The van der Waals surface area contributed by atoms with Crippen LogP contribution in [0.3, 0.4) is 0 Å². The fraction of sp³-hybridized carbons (Fsp3) is 0.444. The van der Waals surface area contributed by atoms with Gasteiger partial charge in [-0.2, -0.15) is 0 Å². The number of likely N-dealkylation sites (tertiary alicyclic amines) is 1. The van der Waals surface area contributed by atoms with Gasteiger partial charge in [0, 0.05) is 30.6 Å². The molecule has 26 heavy (non-hydrogen) atoms. The molecular weight excluding hydrogens is 355 g/mol. The highest BCUT2D eigenvalue weighted by Gasteiger charge is 2.26. The lowest BCUT2D eigenvalue weighted by Gasteiger charge is -2.32. The molecule has 0 saturated carbocycles. The van der Waals surface area contributed by atoms with E-state index in [1.807, 2.05) is 0 Å². The third-order valence-electron chi connectivity index (χ3n) is 4.63. The van der Waals surface area contributed by atoms with Crippen molar-refractivity contribution in [2.24, 2.45) is 5.92 Å². The first-order chi connectivity index (χ1) is 12.5. The standard InChI is InChI=1S/C18H21FN4O2S/c1-12-9-14(19)5-6-15(12)20-17(24)7-4-13-3-2-8-23(10-13)18(25)16-11-26-22-21-16/h5-6,9,11,13H,2-4,7-8,10H2,1H3,(H,20,24)/t13-/m0/s1. The Kier molecular flexibility index (Phi) is 5.92.